The van der Waals surface area contributed by atoms with E-state index in [1.165, 1.54) is 0 Å². The minimum absolute atomic E-state index is 0.185. The number of rotatable bonds is 20. The maximum Gasteiger partial charge on any atom is 0.343 e. The van der Waals surface area contributed by atoms with Crippen molar-refractivity contribution in [3.63, 3.8) is 0 Å². The van der Waals surface area contributed by atoms with Gasteiger partial charge in [0.1, 0.15) is 23.0 Å². The number of esters is 4. The normalized spacial score (nSPS) is 10.8. The van der Waals surface area contributed by atoms with Crippen LogP contribution >= 0.6 is 11.6 Å². The van der Waals surface area contributed by atoms with Crippen molar-refractivity contribution in [3.8, 4) is 23.0 Å². The average molecular weight is 754 g/mol. The van der Waals surface area contributed by atoms with Crippen LogP contribution in [-0.4, -0.2) is 56.0 Å². The summed E-state index contributed by atoms with van der Waals surface area (Å²) in [5.41, 5.74) is 2.71. The molecule has 0 unspecified atom stereocenters. The summed E-state index contributed by atoms with van der Waals surface area (Å²) in [5.74, 6) is -0.253. The van der Waals surface area contributed by atoms with Crippen LogP contribution in [0.2, 0.25) is 5.02 Å². The van der Waals surface area contributed by atoms with E-state index in [1.807, 2.05) is 6.92 Å². The van der Waals surface area contributed by atoms with Crippen molar-refractivity contribution in [2.24, 2.45) is 4.99 Å². The molecule has 0 bridgehead atoms. The smallest absolute Gasteiger partial charge is 0.343 e. The van der Waals surface area contributed by atoms with Gasteiger partial charge >= 0.3 is 23.9 Å². The predicted octanol–water partition coefficient (Wildman–Crippen LogP) is 8.70. The third-order valence-corrected chi connectivity index (χ3v) is 7.81. The van der Waals surface area contributed by atoms with E-state index < -0.39 is 23.9 Å². The lowest BCUT2D eigenvalue weighted by molar-refractivity contribution is -0.138. The molecule has 0 aliphatic rings. The van der Waals surface area contributed by atoms with Gasteiger partial charge in [0.15, 0.2) is 0 Å². The lowest BCUT2D eigenvalue weighted by Crippen LogP contribution is -2.09. The Morgan fingerprint density at radius 1 is 0.593 bits per heavy atom. The highest BCUT2D eigenvalue weighted by Gasteiger charge is 2.13. The average Bonchev–Trinajstić information content (AvgIpc) is 3.18. The molecule has 0 saturated heterocycles. The Bertz CT molecular complexity index is 1940. The molecule has 4 aromatic rings. The lowest BCUT2D eigenvalue weighted by atomic mass is 10.1. The zero-order chi connectivity index (χ0) is 38.7. The molecule has 0 spiro atoms. The number of hydrogen-bond donors (Lipinski definition) is 0. The zero-order valence-electron chi connectivity index (χ0n) is 29.8. The Labute approximate surface area is 318 Å². The first kappa shape index (κ1) is 40.6. The molecule has 54 heavy (non-hydrogen) atoms. The predicted molar refractivity (Wildman–Crippen MR) is 204 cm³/mol. The van der Waals surface area contributed by atoms with E-state index in [2.05, 4.69) is 18.2 Å². The summed E-state index contributed by atoms with van der Waals surface area (Å²) in [6.07, 6.45) is 4.94. The second-order valence-corrected chi connectivity index (χ2v) is 11.9. The molecule has 0 radical (unpaired) electrons. The van der Waals surface area contributed by atoms with E-state index in [1.54, 1.807) is 91.0 Å². The van der Waals surface area contributed by atoms with Gasteiger partial charge in [-0.05, 0) is 129 Å². The second kappa shape index (κ2) is 21.4. The highest BCUT2D eigenvalue weighted by molar-refractivity contribution is 6.32. The number of nitrogens with zero attached hydrogens (tertiary/aromatic N) is 1. The van der Waals surface area contributed by atoms with Crippen LogP contribution in [0, 0.1) is 0 Å². The number of benzene rings is 4. The minimum atomic E-state index is -0.583. The van der Waals surface area contributed by atoms with Crippen molar-refractivity contribution in [1.82, 2.24) is 0 Å². The summed E-state index contributed by atoms with van der Waals surface area (Å²) in [7, 11) is 0. The summed E-state index contributed by atoms with van der Waals surface area (Å²) in [4.78, 5) is 52.2. The summed E-state index contributed by atoms with van der Waals surface area (Å²) in [6, 6.07) is 24.9. The molecular formula is C42H40ClNO10. The van der Waals surface area contributed by atoms with E-state index in [4.69, 9.17) is 40.0 Å². The Kier molecular flexibility index (Phi) is 16.0. The highest BCUT2D eigenvalue weighted by Crippen LogP contribution is 2.30. The first-order valence-corrected chi connectivity index (χ1v) is 17.5. The third-order valence-electron chi connectivity index (χ3n) is 7.51. The van der Waals surface area contributed by atoms with E-state index in [-0.39, 0.29) is 10.8 Å². The number of unbranched alkanes of at least 4 members (excludes halogenated alkanes) is 2. The second-order valence-electron chi connectivity index (χ2n) is 11.5. The van der Waals surface area contributed by atoms with E-state index >= 15 is 0 Å². The molecular weight excluding hydrogens is 714 g/mol. The Balaban J connectivity index is 1.22. The van der Waals surface area contributed by atoms with Crippen LogP contribution in [0.25, 0.3) is 0 Å². The number of carbonyl (C=O) groups is 4. The molecule has 0 aliphatic carbocycles. The van der Waals surface area contributed by atoms with Crippen LogP contribution in [-0.2, 0) is 19.1 Å². The molecule has 0 aliphatic heterocycles. The minimum Gasteiger partial charge on any atom is -0.494 e. The van der Waals surface area contributed by atoms with Crippen LogP contribution in [0.1, 0.15) is 58.9 Å². The number of aliphatic imine (C=N–C) groups is 1. The van der Waals surface area contributed by atoms with E-state index in [0.29, 0.717) is 91.9 Å². The van der Waals surface area contributed by atoms with Gasteiger partial charge in [-0.3, -0.25) is 4.99 Å². The topological polar surface area (TPSA) is 136 Å². The Morgan fingerprint density at radius 2 is 1.04 bits per heavy atom. The molecule has 0 atom stereocenters. The van der Waals surface area contributed by atoms with Crippen molar-refractivity contribution in [2.75, 3.05) is 26.4 Å². The fourth-order valence-electron chi connectivity index (χ4n) is 4.62. The van der Waals surface area contributed by atoms with Gasteiger partial charge < -0.3 is 28.4 Å². The molecule has 12 heteroatoms. The zero-order valence-corrected chi connectivity index (χ0v) is 30.5. The van der Waals surface area contributed by atoms with Crippen LogP contribution < -0.4 is 18.9 Å². The van der Waals surface area contributed by atoms with Gasteiger partial charge in [0.25, 0.3) is 0 Å². The van der Waals surface area contributed by atoms with Gasteiger partial charge in [-0.2, -0.15) is 0 Å². The fourth-order valence-corrected chi connectivity index (χ4v) is 4.83. The Morgan fingerprint density at radius 3 is 1.52 bits per heavy atom. The maximum atomic E-state index is 12.8. The molecule has 4 aromatic carbocycles. The Hall–Kier alpha value is -6.20. The van der Waals surface area contributed by atoms with Crippen LogP contribution in [0.5, 0.6) is 23.0 Å². The highest BCUT2D eigenvalue weighted by atomic mass is 35.5. The number of carbonyl (C=O) groups excluding carboxylic acids is 4. The number of halogens is 1. The molecule has 4 rings (SSSR count). The van der Waals surface area contributed by atoms with Crippen LogP contribution in [0.15, 0.2) is 121 Å². The third kappa shape index (κ3) is 13.4. The van der Waals surface area contributed by atoms with Gasteiger partial charge in [0.05, 0.1) is 48.3 Å². The van der Waals surface area contributed by atoms with Crippen LogP contribution in [0.3, 0.4) is 0 Å². The summed E-state index contributed by atoms with van der Waals surface area (Å²) in [5, 5.41) is 0.210. The molecule has 0 aromatic heterocycles. The van der Waals surface area contributed by atoms with E-state index in [9.17, 15) is 19.2 Å². The van der Waals surface area contributed by atoms with Gasteiger partial charge in [0, 0.05) is 17.9 Å². The van der Waals surface area contributed by atoms with Crippen molar-refractivity contribution in [2.45, 2.75) is 32.6 Å². The summed E-state index contributed by atoms with van der Waals surface area (Å²) >= 11 is 6.44. The van der Waals surface area contributed by atoms with Gasteiger partial charge in [0.2, 0.25) is 0 Å². The fraction of sp³-hybridized carbons (Fsp3) is 0.214. The molecule has 0 fully saturated rings. The van der Waals surface area contributed by atoms with Gasteiger partial charge in [-0.1, -0.05) is 24.8 Å². The number of hydrogen-bond acceptors (Lipinski definition) is 11. The summed E-state index contributed by atoms with van der Waals surface area (Å²) in [6.45, 7) is 9.99. The standard InChI is InChI=1S/C42H40ClNO10/c1-4-39(45)51-26-8-6-24-49-34-17-12-31(13-18-34)41(47)53-36-21-10-30(11-22-36)29(3)44-33-16-23-38(37(43)28-33)54-42(48)32-14-19-35(20-15-32)50-25-7-9-27-52-40(46)5-2/h4-5,10-23,28H,1-2,6-9,24-27H2,3H3/b44-29+. The molecule has 11 nitrogen and oxygen atoms in total. The lowest BCUT2D eigenvalue weighted by Gasteiger charge is -2.09. The molecule has 280 valence electrons. The van der Waals surface area contributed by atoms with Crippen molar-refractivity contribution < 1.29 is 47.6 Å². The van der Waals surface area contributed by atoms with E-state index in [0.717, 1.165) is 17.7 Å². The molecule has 0 saturated carbocycles. The quantitative estimate of drug-likeness (QED) is 0.0283. The van der Waals surface area contributed by atoms with Crippen molar-refractivity contribution >= 4 is 46.9 Å². The van der Waals surface area contributed by atoms with Crippen molar-refractivity contribution in [3.05, 3.63) is 138 Å². The van der Waals surface area contributed by atoms with Gasteiger partial charge in [-0.15, -0.1) is 0 Å². The molecule has 0 heterocycles. The van der Waals surface area contributed by atoms with Gasteiger partial charge in [-0.25, -0.2) is 19.2 Å². The largest absolute Gasteiger partial charge is 0.494 e. The maximum absolute atomic E-state index is 12.8. The SMILES string of the molecule is C=CC(=O)OCCCCOc1ccc(C(=O)Oc2ccc(/C(C)=N/c3ccc(OC(=O)c4ccc(OCCCCOC(=O)C=C)cc4)c(Cl)c3)cc2)cc1. The molecule has 0 N–H and O–H groups in total. The first-order valence-electron chi connectivity index (χ1n) is 17.1. The van der Waals surface area contributed by atoms with Crippen LogP contribution in [0.4, 0.5) is 5.69 Å². The monoisotopic (exact) mass is 753 g/mol. The summed E-state index contributed by atoms with van der Waals surface area (Å²) < 4.78 is 32.3. The van der Waals surface area contributed by atoms with Crippen molar-refractivity contribution in [1.29, 1.82) is 0 Å². The molecule has 0 amide bonds. The first-order chi connectivity index (χ1) is 26.1. The number of ether oxygens (including phenoxy) is 6.